The molecule has 0 unspecified atom stereocenters. The number of hydrogen-bond acceptors (Lipinski definition) is 4. The Morgan fingerprint density at radius 2 is 2.00 bits per heavy atom. The zero-order valence-corrected chi connectivity index (χ0v) is 13.8. The first kappa shape index (κ1) is 16.9. The normalized spacial score (nSPS) is 10.5. The Morgan fingerprint density at radius 3 is 2.68 bits per heavy atom. The number of aromatic nitrogens is 2. The molecule has 0 spiro atoms. The molecule has 0 fully saturated rings. The van der Waals surface area contributed by atoms with Crippen molar-refractivity contribution in [1.82, 2.24) is 9.97 Å². The highest BCUT2D eigenvalue weighted by molar-refractivity contribution is 6.32. The first-order valence-electron chi connectivity index (χ1n) is 7.25. The predicted octanol–water partition coefficient (Wildman–Crippen LogP) is 4.74. The first-order chi connectivity index (χ1) is 12.0. The summed E-state index contributed by atoms with van der Waals surface area (Å²) in [5.41, 5.74) is 0.666. The number of para-hydroxylation sites is 1. The van der Waals surface area contributed by atoms with Crippen molar-refractivity contribution in [1.29, 1.82) is 0 Å². The molecule has 0 atom stereocenters. The molecule has 1 aromatic heterocycles. The third kappa shape index (κ3) is 3.59. The van der Waals surface area contributed by atoms with Gasteiger partial charge in [0.1, 0.15) is 17.1 Å². The lowest BCUT2D eigenvalue weighted by Gasteiger charge is -2.10. The van der Waals surface area contributed by atoms with E-state index in [1.54, 1.807) is 43.3 Å². The highest BCUT2D eigenvalue weighted by atomic mass is 35.5. The summed E-state index contributed by atoms with van der Waals surface area (Å²) in [6, 6.07) is 11.1. The fraction of sp³-hybridized carbons (Fsp3) is 0.0556. The molecule has 2 aromatic carbocycles. The molecule has 0 saturated heterocycles. The Bertz CT molecular complexity index is 963. The van der Waals surface area contributed by atoms with Crippen LogP contribution in [0.1, 0.15) is 15.9 Å². The molecule has 0 aliphatic carbocycles. The van der Waals surface area contributed by atoms with Gasteiger partial charge in [0.05, 0.1) is 5.02 Å². The van der Waals surface area contributed by atoms with E-state index in [0.29, 0.717) is 16.1 Å². The van der Waals surface area contributed by atoms with E-state index < -0.39 is 11.8 Å². The molecule has 1 heterocycles. The predicted molar refractivity (Wildman–Crippen MR) is 90.6 cm³/mol. The van der Waals surface area contributed by atoms with E-state index in [-0.39, 0.29) is 23.0 Å². The van der Waals surface area contributed by atoms with Crippen LogP contribution in [0.2, 0.25) is 5.02 Å². The molecular formula is C18H12ClFN2O3. The molecule has 3 aromatic rings. The lowest BCUT2D eigenvalue weighted by Crippen LogP contribution is -2.05. The smallest absolute Gasteiger partial charge is 0.342 e. The van der Waals surface area contributed by atoms with Gasteiger partial charge in [-0.1, -0.05) is 35.9 Å². The van der Waals surface area contributed by atoms with Gasteiger partial charge in [-0.3, -0.25) is 0 Å². The number of benzene rings is 2. The number of aromatic carboxylic acids is 1. The van der Waals surface area contributed by atoms with Gasteiger partial charge in [0.2, 0.25) is 5.88 Å². The first-order valence-corrected chi connectivity index (χ1v) is 7.62. The van der Waals surface area contributed by atoms with E-state index in [1.807, 2.05) is 0 Å². The maximum absolute atomic E-state index is 13.8. The summed E-state index contributed by atoms with van der Waals surface area (Å²) in [7, 11) is 0. The molecule has 0 aliphatic rings. The molecule has 126 valence electrons. The Labute approximate surface area is 147 Å². The highest BCUT2D eigenvalue weighted by Crippen LogP contribution is 2.31. The van der Waals surface area contributed by atoms with Gasteiger partial charge in [-0.15, -0.1) is 0 Å². The minimum absolute atomic E-state index is 0.144. The van der Waals surface area contributed by atoms with Gasteiger partial charge in [-0.2, -0.15) is 4.98 Å². The number of nitrogens with zero attached hydrogens (tertiary/aromatic N) is 2. The third-order valence-electron chi connectivity index (χ3n) is 3.46. The van der Waals surface area contributed by atoms with E-state index in [2.05, 4.69) is 9.97 Å². The quantitative estimate of drug-likeness (QED) is 0.729. The van der Waals surface area contributed by atoms with Crippen LogP contribution in [0.3, 0.4) is 0 Å². The molecule has 0 amide bonds. The largest absolute Gasteiger partial charge is 0.477 e. The highest BCUT2D eigenvalue weighted by Gasteiger charge is 2.18. The Hall–Kier alpha value is -2.99. The van der Waals surface area contributed by atoms with Crippen LogP contribution in [0.15, 0.2) is 48.7 Å². The number of rotatable bonds is 4. The second kappa shape index (κ2) is 6.86. The van der Waals surface area contributed by atoms with Crippen molar-refractivity contribution in [3.63, 3.8) is 0 Å². The van der Waals surface area contributed by atoms with Crippen LogP contribution in [-0.4, -0.2) is 21.0 Å². The van der Waals surface area contributed by atoms with Crippen molar-refractivity contribution in [2.45, 2.75) is 6.92 Å². The molecule has 1 N–H and O–H groups in total. The fourth-order valence-corrected chi connectivity index (χ4v) is 2.27. The summed E-state index contributed by atoms with van der Waals surface area (Å²) in [6.45, 7) is 1.64. The second-order valence-corrected chi connectivity index (χ2v) is 5.62. The molecule has 7 heteroatoms. The monoisotopic (exact) mass is 358 g/mol. The van der Waals surface area contributed by atoms with Gasteiger partial charge in [-0.25, -0.2) is 14.2 Å². The molecule has 0 saturated carbocycles. The number of ether oxygens (including phenoxy) is 1. The fourth-order valence-electron chi connectivity index (χ4n) is 2.09. The Morgan fingerprint density at radius 1 is 1.24 bits per heavy atom. The average Bonchev–Trinajstić information content (AvgIpc) is 2.59. The number of carbonyl (C=O) groups is 1. The van der Waals surface area contributed by atoms with E-state index in [0.717, 1.165) is 6.20 Å². The van der Waals surface area contributed by atoms with E-state index in [1.165, 1.54) is 6.07 Å². The van der Waals surface area contributed by atoms with Crippen LogP contribution in [0.5, 0.6) is 11.6 Å². The van der Waals surface area contributed by atoms with Crippen LogP contribution in [0.4, 0.5) is 4.39 Å². The van der Waals surface area contributed by atoms with Gasteiger partial charge in [0.25, 0.3) is 0 Å². The van der Waals surface area contributed by atoms with Gasteiger partial charge in [0.15, 0.2) is 5.82 Å². The van der Waals surface area contributed by atoms with E-state index >= 15 is 0 Å². The standard InChI is InChI=1S/C18H12ClFN2O3/c1-10-6-7-11(8-14(10)20)16-21-9-12(18(23)24)17(22-16)25-15-5-3-2-4-13(15)19/h2-9H,1H3,(H,23,24). The summed E-state index contributed by atoms with van der Waals surface area (Å²) in [4.78, 5) is 19.5. The van der Waals surface area contributed by atoms with E-state index in [4.69, 9.17) is 16.3 Å². The van der Waals surface area contributed by atoms with Crippen LogP contribution < -0.4 is 4.74 Å². The molecule has 3 rings (SSSR count). The zero-order chi connectivity index (χ0) is 18.0. The van der Waals surface area contributed by atoms with Gasteiger partial charge >= 0.3 is 5.97 Å². The van der Waals surface area contributed by atoms with Crippen molar-refractivity contribution in [2.75, 3.05) is 0 Å². The number of carboxylic acids is 1. The SMILES string of the molecule is Cc1ccc(-c2ncc(C(=O)O)c(Oc3ccccc3Cl)n2)cc1F. The van der Waals surface area contributed by atoms with Crippen LogP contribution in [-0.2, 0) is 0 Å². The third-order valence-corrected chi connectivity index (χ3v) is 3.77. The lowest BCUT2D eigenvalue weighted by atomic mass is 10.1. The number of hydrogen-bond donors (Lipinski definition) is 1. The molecule has 5 nitrogen and oxygen atoms in total. The maximum Gasteiger partial charge on any atom is 0.342 e. The molecule has 0 bridgehead atoms. The Kier molecular flexibility index (Phi) is 4.63. The van der Waals surface area contributed by atoms with Crippen LogP contribution >= 0.6 is 11.6 Å². The van der Waals surface area contributed by atoms with Gasteiger partial charge in [-0.05, 0) is 30.7 Å². The number of halogens is 2. The van der Waals surface area contributed by atoms with Crippen molar-refractivity contribution in [3.05, 3.63) is 70.6 Å². The topological polar surface area (TPSA) is 72.3 Å². The molecule has 0 aliphatic heterocycles. The number of aryl methyl sites for hydroxylation is 1. The van der Waals surface area contributed by atoms with Gasteiger partial charge in [0, 0.05) is 11.8 Å². The summed E-state index contributed by atoms with van der Waals surface area (Å²) in [6.07, 6.45) is 1.12. The Balaban J connectivity index is 2.07. The lowest BCUT2D eigenvalue weighted by molar-refractivity contribution is 0.0693. The van der Waals surface area contributed by atoms with Crippen LogP contribution in [0.25, 0.3) is 11.4 Å². The van der Waals surface area contributed by atoms with Crippen molar-refractivity contribution >= 4 is 17.6 Å². The van der Waals surface area contributed by atoms with Crippen LogP contribution in [0, 0.1) is 12.7 Å². The van der Waals surface area contributed by atoms with Crippen molar-refractivity contribution in [3.8, 4) is 23.0 Å². The second-order valence-electron chi connectivity index (χ2n) is 5.21. The van der Waals surface area contributed by atoms with E-state index in [9.17, 15) is 14.3 Å². The van der Waals surface area contributed by atoms with Gasteiger partial charge < -0.3 is 9.84 Å². The number of carboxylic acid groups (broad SMARTS) is 1. The molecule has 0 radical (unpaired) electrons. The molecular weight excluding hydrogens is 347 g/mol. The zero-order valence-electron chi connectivity index (χ0n) is 13.0. The summed E-state index contributed by atoms with van der Waals surface area (Å²) < 4.78 is 19.3. The average molecular weight is 359 g/mol. The van der Waals surface area contributed by atoms with Crippen molar-refractivity contribution in [2.24, 2.45) is 0 Å². The summed E-state index contributed by atoms with van der Waals surface area (Å²) in [5, 5.41) is 9.61. The maximum atomic E-state index is 13.8. The minimum Gasteiger partial charge on any atom is -0.477 e. The molecule has 25 heavy (non-hydrogen) atoms. The summed E-state index contributed by atoms with van der Waals surface area (Å²) in [5.74, 6) is -1.43. The van der Waals surface area contributed by atoms with Crippen molar-refractivity contribution < 1.29 is 19.0 Å². The summed E-state index contributed by atoms with van der Waals surface area (Å²) >= 11 is 6.04. The minimum atomic E-state index is -1.25.